The van der Waals surface area contributed by atoms with Crippen LogP contribution in [0.2, 0.25) is 0 Å². The summed E-state index contributed by atoms with van der Waals surface area (Å²) in [4.78, 5) is 71.1. The largest absolute Gasteiger partial charge is 0.481 e. The summed E-state index contributed by atoms with van der Waals surface area (Å²) in [7, 11) is 0. The molecule has 0 aromatic rings. The number of aliphatic carboxylic acids is 2. The van der Waals surface area contributed by atoms with Crippen molar-refractivity contribution in [1.82, 2.24) is 16.0 Å². The smallest absolute Gasteiger partial charge is 0.326 e. The normalized spacial score (nSPS) is 14.3. The lowest BCUT2D eigenvalue weighted by Crippen LogP contribution is -2.57. The molecule has 4 unspecified atom stereocenters. The number of rotatable bonds is 17. The number of hydrogen-bond acceptors (Lipinski definition) is 9. The minimum atomic E-state index is -1.58. The third-order valence-electron chi connectivity index (χ3n) is 4.24. The monoisotopic (exact) mass is 509 g/mol. The zero-order valence-corrected chi connectivity index (χ0v) is 20.0. The number of carbonyl (C=O) groups excluding carboxylic acids is 4. The third-order valence-corrected chi connectivity index (χ3v) is 5.53. The number of carboxylic acid groups (broad SMARTS) is 2. The summed E-state index contributed by atoms with van der Waals surface area (Å²) in [5, 5.41) is 25.3. The average Bonchev–Trinajstić information content (AvgIpc) is 2.71. The maximum atomic E-state index is 12.8. The van der Waals surface area contributed by atoms with Crippen molar-refractivity contribution >= 4 is 59.1 Å². The number of carbonyl (C=O) groups is 6. The number of nitrogens with two attached hydrogens (primary N) is 2. The summed E-state index contributed by atoms with van der Waals surface area (Å²) in [6.07, 6.45) is 2.48. The topological polar surface area (TPSA) is 231 Å². The van der Waals surface area contributed by atoms with E-state index in [1.54, 1.807) is 12.5 Å². The molecule has 0 bridgehead atoms. The van der Waals surface area contributed by atoms with Crippen LogP contribution in [0.4, 0.5) is 0 Å². The quantitative estimate of drug-likeness (QED) is 0.110. The Hall–Kier alpha value is -2.52. The maximum absolute atomic E-state index is 12.8. The van der Waals surface area contributed by atoms with Crippen LogP contribution in [0.25, 0.3) is 0 Å². The lowest BCUT2D eigenvalue weighted by atomic mass is 10.1. The highest BCUT2D eigenvalue weighted by Crippen LogP contribution is 2.06. The molecule has 15 heteroatoms. The van der Waals surface area contributed by atoms with E-state index in [9.17, 15) is 33.9 Å². The van der Waals surface area contributed by atoms with E-state index in [2.05, 4.69) is 16.0 Å². The Morgan fingerprint density at radius 1 is 0.758 bits per heavy atom. The number of primary amides is 1. The second kappa shape index (κ2) is 16.1. The van der Waals surface area contributed by atoms with Crippen LogP contribution < -0.4 is 27.4 Å². The number of carboxylic acids is 2. The fraction of sp³-hybridized carbons (Fsp3) is 0.667. The van der Waals surface area contributed by atoms with Crippen LogP contribution in [0, 0.1) is 0 Å². The van der Waals surface area contributed by atoms with Gasteiger partial charge in [0, 0.05) is 0 Å². The molecule has 0 spiro atoms. The zero-order valence-electron chi connectivity index (χ0n) is 18.4. The third kappa shape index (κ3) is 12.9. The van der Waals surface area contributed by atoms with Crippen LogP contribution in [0.5, 0.6) is 0 Å². The standard InChI is InChI=1S/C18H31N5O8S2/c1-32-5-3-10(21-15(27)9(19)7-13(20)24)16(28)23-12(8-14(25)26)17(29)22-11(18(30)31)4-6-33-2/h9-12H,3-8,19H2,1-2H3,(H2,20,24)(H,21,27)(H,22,29)(H,23,28)(H,25,26)(H,30,31). The molecule has 0 aromatic heterocycles. The predicted molar refractivity (Wildman–Crippen MR) is 123 cm³/mol. The van der Waals surface area contributed by atoms with E-state index in [0.29, 0.717) is 11.5 Å². The molecule has 4 atom stereocenters. The van der Waals surface area contributed by atoms with Gasteiger partial charge in [-0.25, -0.2) is 4.79 Å². The van der Waals surface area contributed by atoms with Gasteiger partial charge in [0.15, 0.2) is 0 Å². The van der Waals surface area contributed by atoms with Crippen molar-refractivity contribution in [3.63, 3.8) is 0 Å². The molecule has 0 aliphatic carbocycles. The number of thioether (sulfide) groups is 2. The minimum Gasteiger partial charge on any atom is -0.481 e. The molecule has 0 radical (unpaired) electrons. The van der Waals surface area contributed by atoms with Gasteiger partial charge in [-0.3, -0.25) is 24.0 Å². The van der Waals surface area contributed by atoms with Crippen LogP contribution in [0.3, 0.4) is 0 Å². The highest BCUT2D eigenvalue weighted by molar-refractivity contribution is 7.98. The van der Waals surface area contributed by atoms with Gasteiger partial charge in [-0.1, -0.05) is 0 Å². The molecule has 33 heavy (non-hydrogen) atoms. The lowest BCUT2D eigenvalue weighted by Gasteiger charge is -2.24. The van der Waals surface area contributed by atoms with Crippen molar-refractivity contribution < 1.29 is 39.0 Å². The molecule has 0 saturated carbocycles. The molecule has 0 heterocycles. The van der Waals surface area contributed by atoms with Gasteiger partial charge in [0.1, 0.15) is 18.1 Å². The molecular formula is C18H31N5O8S2. The molecule has 0 aliphatic rings. The summed E-state index contributed by atoms with van der Waals surface area (Å²) in [5.74, 6) is -5.32. The van der Waals surface area contributed by atoms with E-state index in [1.807, 2.05) is 0 Å². The number of hydrogen-bond donors (Lipinski definition) is 7. The Morgan fingerprint density at radius 2 is 1.21 bits per heavy atom. The van der Waals surface area contributed by atoms with Crippen LogP contribution in [0.1, 0.15) is 25.7 Å². The van der Waals surface area contributed by atoms with Crippen molar-refractivity contribution in [3.8, 4) is 0 Å². The molecule has 0 saturated heterocycles. The van der Waals surface area contributed by atoms with E-state index in [-0.39, 0.29) is 12.8 Å². The first kappa shape index (κ1) is 30.5. The van der Waals surface area contributed by atoms with Gasteiger partial charge in [0.05, 0.1) is 18.9 Å². The molecule has 188 valence electrons. The second-order valence-corrected chi connectivity index (χ2v) is 8.93. The number of nitrogens with one attached hydrogen (secondary N) is 3. The molecule has 9 N–H and O–H groups in total. The van der Waals surface area contributed by atoms with Crippen LogP contribution >= 0.6 is 23.5 Å². The Bertz CT molecular complexity index is 724. The highest BCUT2D eigenvalue weighted by atomic mass is 32.2. The number of amides is 4. The van der Waals surface area contributed by atoms with Gasteiger partial charge in [0.2, 0.25) is 23.6 Å². The first-order chi connectivity index (χ1) is 15.4. The van der Waals surface area contributed by atoms with Gasteiger partial charge in [-0.15, -0.1) is 0 Å². The van der Waals surface area contributed by atoms with Crippen LogP contribution in [-0.2, 0) is 28.8 Å². The Labute approximate surface area is 199 Å². The zero-order chi connectivity index (χ0) is 25.6. The first-order valence-corrected chi connectivity index (χ1v) is 12.6. The fourth-order valence-electron chi connectivity index (χ4n) is 2.51. The molecule has 0 aliphatic heterocycles. The molecule has 0 fully saturated rings. The fourth-order valence-corrected chi connectivity index (χ4v) is 3.46. The summed E-state index contributed by atoms with van der Waals surface area (Å²) in [6.45, 7) is 0. The van der Waals surface area contributed by atoms with E-state index < -0.39 is 72.6 Å². The first-order valence-electron chi connectivity index (χ1n) is 9.80. The maximum Gasteiger partial charge on any atom is 0.326 e. The molecule has 13 nitrogen and oxygen atoms in total. The minimum absolute atomic E-state index is 0.0974. The van der Waals surface area contributed by atoms with Gasteiger partial charge in [0.25, 0.3) is 0 Å². The van der Waals surface area contributed by atoms with Crippen LogP contribution in [-0.4, -0.2) is 94.0 Å². The lowest BCUT2D eigenvalue weighted by molar-refractivity contribution is -0.143. The second-order valence-electron chi connectivity index (χ2n) is 6.96. The van der Waals surface area contributed by atoms with Gasteiger partial charge >= 0.3 is 11.9 Å². The predicted octanol–water partition coefficient (Wildman–Crippen LogP) is -2.29. The van der Waals surface area contributed by atoms with Crippen molar-refractivity contribution in [3.05, 3.63) is 0 Å². The summed E-state index contributed by atoms with van der Waals surface area (Å²) >= 11 is 2.74. The SMILES string of the molecule is CSCCC(NC(=O)C(CC(=O)O)NC(=O)C(CCSC)NC(=O)C(N)CC(N)=O)C(=O)O. The van der Waals surface area contributed by atoms with E-state index >= 15 is 0 Å². The Kier molecular flexibility index (Phi) is 14.9. The summed E-state index contributed by atoms with van der Waals surface area (Å²) in [5.41, 5.74) is 10.6. The van der Waals surface area contributed by atoms with Crippen molar-refractivity contribution in [1.29, 1.82) is 0 Å². The van der Waals surface area contributed by atoms with E-state index in [1.165, 1.54) is 23.5 Å². The van der Waals surface area contributed by atoms with E-state index in [4.69, 9.17) is 16.6 Å². The van der Waals surface area contributed by atoms with Gasteiger partial charge in [-0.05, 0) is 36.9 Å². The highest BCUT2D eigenvalue weighted by Gasteiger charge is 2.31. The average molecular weight is 510 g/mol. The molecule has 4 amide bonds. The van der Waals surface area contributed by atoms with Gasteiger partial charge < -0.3 is 37.6 Å². The Balaban J connectivity index is 5.45. The van der Waals surface area contributed by atoms with Gasteiger partial charge in [-0.2, -0.15) is 23.5 Å². The molecular weight excluding hydrogens is 478 g/mol. The summed E-state index contributed by atoms with van der Waals surface area (Å²) < 4.78 is 0. The van der Waals surface area contributed by atoms with Crippen LogP contribution in [0.15, 0.2) is 0 Å². The summed E-state index contributed by atoms with van der Waals surface area (Å²) in [6, 6.07) is -5.33. The van der Waals surface area contributed by atoms with Crippen molar-refractivity contribution in [2.24, 2.45) is 11.5 Å². The van der Waals surface area contributed by atoms with Crippen molar-refractivity contribution in [2.45, 2.75) is 49.9 Å². The molecule has 0 rings (SSSR count). The Morgan fingerprint density at radius 3 is 1.67 bits per heavy atom. The van der Waals surface area contributed by atoms with E-state index in [0.717, 1.165) is 0 Å². The van der Waals surface area contributed by atoms with Crippen molar-refractivity contribution in [2.75, 3.05) is 24.0 Å². The molecule has 0 aromatic carbocycles.